The standard InChI is InChI=1S/C19H26ClN3O2/c1-4-14-8-13(6-7-23(14)5-2)11-25-18-10-16-15(9-17(18)24-3)19(20)22-12-21-16/h9-10,12-14H,4-8,11H2,1-3H3. The summed E-state index contributed by atoms with van der Waals surface area (Å²) in [5, 5.41) is 1.20. The van der Waals surface area contributed by atoms with Gasteiger partial charge in [0.05, 0.1) is 19.2 Å². The molecule has 5 nitrogen and oxygen atoms in total. The summed E-state index contributed by atoms with van der Waals surface area (Å²) in [4.78, 5) is 10.9. The number of rotatable bonds is 6. The number of hydrogen-bond acceptors (Lipinski definition) is 5. The van der Waals surface area contributed by atoms with E-state index in [2.05, 4.69) is 28.7 Å². The van der Waals surface area contributed by atoms with Crippen molar-refractivity contribution in [3.05, 3.63) is 23.6 Å². The molecule has 1 fully saturated rings. The van der Waals surface area contributed by atoms with Crippen LogP contribution < -0.4 is 9.47 Å². The molecule has 3 rings (SSSR count). The van der Waals surface area contributed by atoms with Crippen molar-refractivity contribution in [1.29, 1.82) is 0 Å². The van der Waals surface area contributed by atoms with Crippen molar-refractivity contribution < 1.29 is 9.47 Å². The molecule has 6 heteroatoms. The molecule has 0 N–H and O–H groups in total. The maximum Gasteiger partial charge on any atom is 0.163 e. The van der Waals surface area contributed by atoms with Gasteiger partial charge in [-0.1, -0.05) is 25.4 Å². The van der Waals surface area contributed by atoms with Crippen LogP contribution in [0.1, 0.15) is 33.1 Å². The zero-order valence-corrected chi connectivity index (χ0v) is 15.9. The Morgan fingerprint density at radius 1 is 1.24 bits per heavy atom. The molecule has 136 valence electrons. The Kier molecular flexibility index (Phi) is 5.97. The summed E-state index contributed by atoms with van der Waals surface area (Å²) in [5.74, 6) is 1.96. The maximum absolute atomic E-state index is 6.14. The van der Waals surface area contributed by atoms with E-state index in [0.29, 0.717) is 29.5 Å². The maximum atomic E-state index is 6.14. The van der Waals surface area contributed by atoms with Gasteiger partial charge >= 0.3 is 0 Å². The van der Waals surface area contributed by atoms with Gasteiger partial charge in [0.15, 0.2) is 11.5 Å². The largest absolute Gasteiger partial charge is 0.493 e. The van der Waals surface area contributed by atoms with Crippen LogP contribution in [0.5, 0.6) is 11.5 Å². The van der Waals surface area contributed by atoms with Gasteiger partial charge in [-0.25, -0.2) is 9.97 Å². The lowest BCUT2D eigenvalue weighted by Crippen LogP contribution is -2.43. The summed E-state index contributed by atoms with van der Waals surface area (Å²) in [6.45, 7) is 7.50. The third-order valence-electron chi connectivity index (χ3n) is 5.17. The number of piperidine rings is 1. The molecule has 0 spiro atoms. The van der Waals surface area contributed by atoms with Crippen LogP contribution in [0.15, 0.2) is 18.5 Å². The van der Waals surface area contributed by atoms with Crippen LogP contribution in [0.3, 0.4) is 0 Å². The second-order valence-corrected chi connectivity index (χ2v) is 6.93. The molecule has 2 atom stereocenters. The predicted molar refractivity (Wildman–Crippen MR) is 101 cm³/mol. The third-order valence-corrected chi connectivity index (χ3v) is 5.47. The summed E-state index contributed by atoms with van der Waals surface area (Å²) in [6.07, 6.45) is 5.02. The van der Waals surface area contributed by atoms with Gasteiger partial charge in [0, 0.05) is 17.5 Å². The summed E-state index contributed by atoms with van der Waals surface area (Å²) < 4.78 is 11.6. The fourth-order valence-corrected chi connectivity index (χ4v) is 3.88. The molecule has 0 aliphatic carbocycles. The average Bonchev–Trinajstić information content (AvgIpc) is 2.65. The van der Waals surface area contributed by atoms with E-state index < -0.39 is 0 Å². The first-order valence-corrected chi connectivity index (χ1v) is 9.39. The van der Waals surface area contributed by atoms with Gasteiger partial charge < -0.3 is 14.4 Å². The first-order valence-electron chi connectivity index (χ1n) is 9.01. The van der Waals surface area contributed by atoms with E-state index in [0.717, 1.165) is 29.7 Å². The van der Waals surface area contributed by atoms with Crippen molar-refractivity contribution in [1.82, 2.24) is 14.9 Å². The van der Waals surface area contributed by atoms with Crippen LogP contribution >= 0.6 is 11.6 Å². The van der Waals surface area contributed by atoms with Crippen LogP contribution in [0, 0.1) is 5.92 Å². The van der Waals surface area contributed by atoms with Gasteiger partial charge in [-0.15, -0.1) is 0 Å². The Morgan fingerprint density at radius 3 is 2.80 bits per heavy atom. The van der Waals surface area contributed by atoms with Gasteiger partial charge in [-0.2, -0.15) is 0 Å². The highest BCUT2D eigenvalue weighted by atomic mass is 35.5. The minimum Gasteiger partial charge on any atom is -0.493 e. The number of ether oxygens (including phenoxy) is 2. The average molecular weight is 364 g/mol. The summed E-state index contributed by atoms with van der Waals surface area (Å²) in [7, 11) is 1.64. The normalized spacial score (nSPS) is 21.4. The highest BCUT2D eigenvalue weighted by Crippen LogP contribution is 2.35. The van der Waals surface area contributed by atoms with Crippen molar-refractivity contribution in [3.8, 4) is 11.5 Å². The molecule has 0 bridgehead atoms. The molecular weight excluding hydrogens is 338 g/mol. The lowest BCUT2D eigenvalue weighted by Gasteiger charge is -2.38. The molecule has 25 heavy (non-hydrogen) atoms. The van der Waals surface area contributed by atoms with Crippen LogP contribution in [0.25, 0.3) is 10.9 Å². The fraction of sp³-hybridized carbons (Fsp3) is 0.579. The second-order valence-electron chi connectivity index (χ2n) is 6.58. The molecule has 1 aliphatic rings. The SMILES string of the molecule is CCC1CC(COc2cc3ncnc(Cl)c3cc2OC)CCN1CC. The highest BCUT2D eigenvalue weighted by molar-refractivity contribution is 6.34. The Hall–Kier alpha value is -1.59. The second kappa shape index (κ2) is 8.19. The smallest absolute Gasteiger partial charge is 0.163 e. The molecule has 1 aromatic carbocycles. The third kappa shape index (κ3) is 3.98. The van der Waals surface area contributed by atoms with E-state index >= 15 is 0 Å². The Bertz CT molecular complexity index is 725. The molecule has 0 saturated carbocycles. The molecule has 2 aromatic rings. The number of halogens is 1. The summed E-state index contributed by atoms with van der Waals surface area (Å²) in [6, 6.07) is 4.40. The van der Waals surface area contributed by atoms with E-state index in [-0.39, 0.29) is 0 Å². The van der Waals surface area contributed by atoms with Gasteiger partial charge in [0.2, 0.25) is 0 Å². The predicted octanol–water partition coefficient (Wildman–Crippen LogP) is 4.18. The molecule has 2 heterocycles. The molecule has 1 aliphatic heterocycles. The lowest BCUT2D eigenvalue weighted by atomic mass is 9.90. The fourth-order valence-electron chi connectivity index (χ4n) is 3.69. The molecule has 1 saturated heterocycles. The number of likely N-dealkylation sites (tertiary alicyclic amines) is 1. The Balaban J connectivity index is 1.72. The monoisotopic (exact) mass is 363 g/mol. The quantitative estimate of drug-likeness (QED) is 0.720. The van der Waals surface area contributed by atoms with Crippen molar-refractivity contribution in [3.63, 3.8) is 0 Å². The summed E-state index contributed by atoms with van der Waals surface area (Å²) >= 11 is 6.14. The number of methoxy groups -OCH3 is 1. The van der Waals surface area contributed by atoms with Crippen LogP contribution in [-0.4, -0.2) is 47.7 Å². The minimum absolute atomic E-state index is 0.424. The molecular formula is C19H26ClN3O2. The zero-order chi connectivity index (χ0) is 17.8. The van der Waals surface area contributed by atoms with Gasteiger partial charge in [-0.3, -0.25) is 0 Å². The van der Waals surface area contributed by atoms with Crippen molar-refractivity contribution >= 4 is 22.5 Å². The molecule has 1 aromatic heterocycles. The molecule has 0 radical (unpaired) electrons. The van der Waals surface area contributed by atoms with E-state index in [1.54, 1.807) is 7.11 Å². The van der Waals surface area contributed by atoms with Crippen LogP contribution in [0.2, 0.25) is 5.15 Å². The number of aromatic nitrogens is 2. The highest BCUT2D eigenvalue weighted by Gasteiger charge is 2.26. The van der Waals surface area contributed by atoms with E-state index in [1.165, 1.54) is 25.6 Å². The zero-order valence-electron chi connectivity index (χ0n) is 15.2. The Labute approximate surface area is 154 Å². The first kappa shape index (κ1) is 18.2. The van der Waals surface area contributed by atoms with Crippen LogP contribution in [0.4, 0.5) is 0 Å². The number of hydrogen-bond donors (Lipinski definition) is 0. The first-order chi connectivity index (χ1) is 12.2. The molecule has 0 amide bonds. The van der Waals surface area contributed by atoms with Crippen molar-refractivity contribution in [2.45, 2.75) is 39.2 Å². The van der Waals surface area contributed by atoms with Crippen LogP contribution in [-0.2, 0) is 0 Å². The van der Waals surface area contributed by atoms with Gasteiger partial charge in [0.1, 0.15) is 11.5 Å². The number of benzene rings is 1. The van der Waals surface area contributed by atoms with E-state index in [4.69, 9.17) is 21.1 Å². The summed E-state index contributed by atoms with van der Waals surface area (Å²) in [5.41, 5.74) is 0.767. The number of fused-ring (bicyclic) bond motifs is 1. The minimum atomic E-state index is 0.424. The topological polar surface area (TPSA) is 47.5 Å². The Morgan fingerprint density at radius 2 is 2.08 bits per heavy atom. The molecule has 2 unspecified atom stereocenters. The van der Waals surface area contributed by atoms with E-state index in [9.17, 15) is 0 Å². The number of nitrogens with zero attached hydrogens (tertiary/aromatic N) is 3. The van der Waals surface area contributed by atoms with Gasteiger partial charge in [0.25, 0.3) is 0 Å². The van der Waals surface area contributed by atoms with E-state index in [1.807, 2.05) is 12.1 Å². The van der Waals surface area contributed by atoms with Gasteiger partial charge in [-0.05, 0) is 44.3 Å². The van der Waals surface area contributed by atoms with Crippen molar-refractivity contribution in [2.75, 3.05) is 26.8 Å². The van der Waals surface area contributed by atoms with Crippen molar-refractivity contribution in [2.24, 2.45) is 5.92 Å². The lowest BCUT2D eigenvalue weighted by molar-refractivity contribution is 0.0883.